The normalized spacial score (nSPS) is 18.1. The number of H-pyrrole nitrogens is 1. The Kier molecular flexibility index (Phi) is 4.32. The Morgan fingerprint density at radius 1 is 1.17 bits per heavy atom. The highest BCUT2D eigenvalue weighted by Crippen LogP contribution is 2.39. The quantitative estimate of drug-likeness (QED) is 0.690. The standard InChI is InChI=1S/C23H24FN3O2/c1-15-5-6-19(24)18-12-20(26-21(15)18)22(28)25-16-3-2-4-17(11-16)27-9-7-23(8-10-27)13-29-14-23/h2-6,11-12,26H,7-10,13-14H2,1H3,(H,25,28). The summed E-state index contributed by atoms with van der Waals surface area (Å²) in [6.07, 6.45) is 2.28. The molecule has 150 valence electrons. The number of halogens is 1. The average molecular weight is 393 g/mol. The summed E-state index contributed by atoms with van der Waals surface area (Å²) in [5.74, 6) is -0.607. The van der Waals surface area contributed by atoms with Gasteiger partial charge in [-0.3, -0.25) is 4.79 Å². The first-order chi connectivity index (χ1) is 14.0. The van der Waals surface area contributed by atoms with Crippen LogP contribution < -0.4 is 10.2 Å². The number of carbonyl (C=O) groups excluding carboxylic acids is 1. The molecule has 5 nitrogen and oxygen atoms in total. The maximum absolute atomic E-state index is 14.0. The third-order valence-electron chi connectivity index (χ3n) is 6.30. The van der Waals surface area contributed by atoms with Crippen LogP contribution in [-0.4, -0.2) is 37.2 Å². The lowest BCUT2D eigenvalue weighted by Crippen LogP contribution is -2.50. The third kappa shape index (κ3) is 3.27. The summed E-state index contributed by atoms with van der Waals surface area (Å²) in [7, 11) is 0. The minimum Gasteiger partial charge on any atom is -0.380 e. The van der Waals surface area contributed by atoms with E-state index in [9.17, 15) is 9.18 Å². The van der Waals surface area contributed by atoms with Crippen LogP contribution in [0.5, 0.6) is 0 Å². The molecule has 2 aliphatic rings. The van der Waals surface area contributed by atoms with Crippen molar-refractivity contribution in [2.45, 2.75) is 19.8 Å². The Balaban J connectivity index is 1.32. The number of anilines is 2. The van der Waals surface area contributed by atoms with E-state index >= 15 is 0 Å². The second kappa shape index (κ2) is 6.88. The van der Waals surface area contributed by atoms with Gasteiger partial charge in [-0.05, 0) is 55.7 Å². The molecule has 2 N–H and O–H groups in total. The van der Waals surface area contributed by atoms with Gasteiger partial charge in [0.05, 0.1) is 18.7 Å². The fraction of sp³-hybridized carbons (Fsp3) is 0.348. The fourth-order valence-electron chi connectivity index (χ4n) is 4.35. The van der Waals surface area contributed by atoms with Crippen molar-refractivity contribution in [3.63, 3.8) is 0 Å². The third-order valence-corrected chi connectivity index (χ3v) is 6.30. The van der Waals surface area contributed by atoms with Crippen LogP contribution in [0.1, 0.15) is 28.9 Å². The van der Waals surface area contributed by atoms with Crippen molar-refractivity contribution in [3.8, 4) is 0 Å². The van der Waals surface area contributed by atoms with E-state index in [1.165, 1.54) is 6.07 Å². The number of fused-ring (bicyclic) bond motifs is 1. The zero-order valence-corrected chi connectivity index (χ0v) is 16.4. The summed E-state index contributed by atoms with van der Waals surface area (Å²) in [6, 6.07) is 12.6. The van der Waals surface area contributed by atoms with Gasteiger partial charge in [-0.2, -0.15) is 0 Å². The molecule has 0 atom stereocenters. The van der Waals surface area contributed by atoms with Crippen molar-refractivity contribution < 1.29 is 13.9 Å². The molecule has 2 aliphatic heterocycles. The molecule has 6 heteroatoms. The maximum atomic E-state index is 14.0. The molecule has 2 saturated heterocycles. The van der Waals surface area contributed by atoms with Gasteiger partial charge < -0.3 is 19.9 Å². The summed E-state index contributed by atoms with van der Waals surface area (Å²) in [4.78, 5) is 18.1. The number of hydrogen-bond acceptors (Lipinski definition) is 3. The van der Waals surface area contributed by atoms with Crippen LogP contribution >= 0.6 is 0 Å². The van der Waals surface area contributed by atoms with Crippen LogP contribution in [-0.2, 0) is 4.74 Å². The Morgan fingerprint density at radius 2 is 1.97 bits per heavy atom. The van der Waals surface area contributed by atoms with Gasteiger partial charge in [0, 0.05) is 35.3 Å². The number of hydrogen-bond donors (Lipinski definition) is 2. The summed E-state index contributed by atoms with van der Waals surface area (Å²) < 4.78 is 19.5. The molecule has 3 heterocycles. The molecule has 29 heavy (non-hydrogen) atoms. The second-order valence-electron chi connectivity index (χ2n) is 8.32. The molecule has 1 aromatic heterocycles. The fourth-order valence-corrected chi connectivity index (χ4v) is 4.35. The summed E-state index contributed by atoms with van der Waals surface area (Å²) in [6.45, 7) is 5.67. The summed E-state index contributed by atoms with van der Waals surface area (Å²) in [5.41, 5.74) is 4.15. The minimum atomic E-state index is -0.331. The predicted molar refractivity (Wildman–Crippen MR) is 112 cm³/mol. The first-order valence-corrected chi connectivity index (χ1v) is 10.1. The zero-order chi connectivity index (χ0) is 20.0. The number of aromatic nitrogens is 1. The van der Waals surface area contributed by atoms with E-state index in [2.05, 4.69) is 21.3 Å². The van der Waals surface area contributed by atoms with Crippen molar-refractivity contribution in [3.05, 3.63) is 59.5 Å². The van der Waals surface area contributed by atoms with Gasteiger partial charge >= 0.3 is 0 Å². The number of ether oxygens (including phenoxy) is 1. The highest BCUT2D eigenvalue weighted by molar-refractivity contribution is 6.06. The van der Waals surface area contributed by atoms with Crippen molar-refractivity contribution in [1.29, 1.82) is 0 Å². The van der Waals surface area contributed by atoms with Crippen LogP contribution in [0.2, 0.25) is 0 Å². The molecule has 0 bridgehead atoms. The van der Waals surface area contributed by atoms with E-state index in [-0.39, 0.29) is 11.7 Å². The number of aromatic amines is 1. The summed E-state index contributed by atoms with van der Waals surface area (Å²) in [5, 5.41) is 3.37. The lowest BCUT2D eigenvalue weighted by molar-refractivity contribution is -0.124. The highest BCUT2D eigenvalue weighted by Gasteiger charge is 2.41. The van der Waals surface area contributed by atoms with Crippen LogP contribution in [0.15, 0.2) is 42.5 Å². The van der Waals surface area contributed by atoms with E-state index in [0.717, 1.165) is 56.1 Å². The maximum Gasteiger partial charge on any atom is 0.272 e. The molecule has 0 unspecified atom stereocenters. The first kappa shape index (κ1) is 18.2. The molecular weight excluding hydrogens is 369 g/mol. The van der Waals surface area contributed by atoms with E-state index in [0.29, 0.717) is 22.0 Å². The molecule has 0 saturated carbocycles. The number of carbonyl (C=O) groups is 1. The van der Waals surface area contributed by atoms with E-state index in [4.69, 9.17) is 4.74 Å². The van der Waals surface area contributed by atoms with Gasteiger partial charge in [0.1, 0.15) is 11.5 Å². The lowest BCUT2D eigenvalue weighted by atomic mass is 9.77. The van der Waals surface area contributed by atoms with E-state index in [1.807, 2.05) is 25.1 Å². The average Bonchev–Trinajstić information content (AvgIpc) is 3.17. The summed E-state index contributed by atoms with van der Waals surface area (Å²) >= 11 is 0. The number of rotatable bonds is 3. The zero-order valence-electron chi connectivity index (χ0n) is 16.4. The van der Waals surface area contributed by atoms with Gasteiger partial charge in [0.2, 0.25) is 0 Å². The molecule has 3 aromatic rings. The number of nitrogens with one attached hydrogen (secondary N) is 2. The number of benzene rings is 2. The van der Waals surface area contributed by atoms with Gasteiger partial charge in [-0.1, -0.05) is 12.1 Å². The predicted octanol–water partition coefficient (Wildman–Crippen LogP) is 4.48. The van der Waals surface area contributed by atoms with Crippen molar-refractivity contribution in [1.82, 2.24) is 4.98 Å². The number of nitrogens with zero attached hydrogens (tertiary/aromatic N) is 1. The van der Waals surface area contributed by atoms with Crippen LogP contribution in [0.4, 0.5) is 15.8 Å². The molecule has 0 radical (unpaired) electrons. The smallest absolute Gasteiger partial charge is 0.272 e. The number of amides is 1. The molecule has 0 aliphatic carbocycles. The molecule has 2 aromatic carbocycles. The van der Waals surface area contributed by atoms with Gasteiger partial charge in [-0.25, -0.2) is 4.39 Å². The van der Waals surface area contributed by atoms with Crippen molar-refractivity contribution in [2.75, 3.05) is 36.5 Å². The van der Waals surface area contributed by atoms with Crippen LogP contribution in [0.3, 0.4) is 0 Å². The number of piperidine rings is 1. The topological polar surface area (TPSA) is 57.4 Å². The SMILES string of the molecule is Cc1ccc(F)c2cc(C(=O)Nc3cccc(N4CCC5(CC4)COC5)c3)[nH]c12. The molecular formula is C23H24FN3O2. The Morgan fingerprint density at radius 3 is 2.66 bits per heavy atom. The molecule has 1 spiro atoms. The van der Waals surface area contributed by atoms with Crippen LogP contribution in [0.25, 0.3) is 10.9 Å². The Bertz CT molecular complexity index is 1040. The first-order valence-electron chi connectivity index (χ1n) is 10.1. The van der Waals surface area contributed by atoms with Gasteiger partial charge in [0.15, 0.2) is 0 Å². The van der Waals surface area contributed by atoms with Crippen LogP contribution in [0, 0.1) is 18.2 Å². The lowest BCUT2D eigenvalue weighted by Gasteiger charge is -2.47. The largest absolute Gasteiger partial charge is 0.380 e. The monoisotopic (exact) mass is 393 g/mol. The second-order valence-corrected chi connectivity index (χ2v) is 8.32. The Labute approximate surface area is 168 Å². The molecule has 5 rings (SSSR count). The van der Waals surface area contributed by atoms with Crippen molar-refractivity contribution in [2.24, 2.45) is 5.41 Å². The van der Waals surface area contributed by atoms with E-state index in [1.54, 1.807) is 12.1 Å². The minimum absolute atomic E-state index is 0.277. The number of aryl methyl sites for hydroxylation is 1. The van der Waals surface area contributed by atoms with Gasteiger partial charge in [0.25, 0.3) is 5.91 Å². The Hall–Kier alpha value is -2.86. The van der Waals surface area contributed by atoms with E-state index < -0.39 is 0 Å². The molecule has 2 fully saturated rings. The van der Waals surface area contributed by atoms with Crippen molar-refractivity contribution >= 4 is 28.2 Å². The van der Waals surface area contributed by atoms with Gasteiger partial charge in [-0.15, -0.1) is 0 Å². The molecule has 1 amide bonds. The highest BCUT2D eigenvalue weighted by atomic mass is 19.1.